The lowest BCUT2D eigenvalue weighted by atomic mass is 9.95. The third-order valence-electron chi connectivity index (χ3n) is 6.54. The molecule has 2 N–H and O–H groups in total. The number of anilines is 2. The zero-order chi connectivity index (χ0) is 27.7. The summed E-state index contributed by atoms with van der Waals surface area (Å²) >= 11 is 9.34. The van der Waals surface area contributed by atoms with E-state index < -0.39 is 5.41 Å². The summed E-state index contributed by atoms with van der Waals surface area (Å²) in [5.74, 6) is 1.92. The smallest absolute Gasteiger partial charge is 0.229 e. The second-order valence-electron chi connectivity index (χ2n) is 10.3. The summed E-state index contributed by atoms with van der Waals surface area (Å²) in [5, 5.41) is 6.95. The van der Waals surface area contributed by atoms with Gasteiger partial charge in [0.15, 0.2) is 5.11 Å². The fourth-order valence-electron chi connectivity index (χ4n) is 4.45. The molecule has 2 atom stereocenters. The first kappa shape index (κ1) is 26.9. The van der Waals surface area contributed by atoms with Gasteiger partial charge >= 0.3 is 0 Å². The third kappa shape index (κ3) is 5.55. The zero-order valence-electron chi connectivity index (χ0n) is 22.1. The molecule has 0 radical (unpaired) electrons. The molecular weight excluding hydrogens is 576 g/mol. The highest BCUT2D eigenvalue weighted by Crippen LogP contribution is 2.44. The molecule has 5 rings (SSSR count). The van der Waals surface area contributed by atoms with Crippen LogP contribution in [0.1, 0.15) is 44.3 Å². The van der Waals surface area contributed by atoms with E-state index in [0.29, 0.717) is 16.5 Å². The fraction of sp³-hybridized carbons (Fsp3) is 0.233. The highest BCUT2D eigenvalue weighted by Gasteiger charge is 2.43. The number of carbonyl (C=O) groups excluding carboxylic acids is 1. The Hall–Kier alpha value is -3.69. The molecule has 3 heterocycles. The fourth-order valence-corrected chi connectivity index (χ4v) is 5.06. The highest BCUT2D eigenvalue weighted by atomic mass is 79.9. The lowest BCUT2D eigenvalue weighted by Crippen LogP contribution is -2.30. The molecule has 7 nitrogen and oxygen atoms in total. The van der Waals surface area contributed by atoms with Gasteiger partial charge in [0.05, 0.1) is 24.5 Å². The molecule has 1 amide bonds. The summed E-state index contributed by atoms with van der Waals surface area (Å²) in [6.07, 6.45) is 1.77. The number of nitrogens with zero attached hydrogens (tertiary/aromatic N) is 2. The largest absolute Gasteiger partial charge is 0.494 e. The summed E-state index contributed by atoms with van der Waals surface area (Å²) in [6, 6.07) is 22.8. The molecule has 0 unspecified atom stereocenters. The van der Waals surface area contributed by atoms with Crippen LogP contribution >= 0.6 is 28.1 Å². The normalized spacial score (nSPS) is 17.2. The maximum atomic E-state index is 12.6. The Balaban J connectivity index is 1.55. The van der Waals surface area contributed by atoms with E-state index in [1.165, 1.54) is 0 Å². The lowest BCUT2D eigenvalue weighted by Gasteiger charge is -2.27. The van der Waals surface area contributed by atoms with E-state index in [1.54, 1.807) is 13.3 Å². The van der Waals surface area contributed by atoms with Crippen LogP contribution in [0.3, 0.4) is 0 Å². The standard InChI is InChI=1S/C30H29BrN4O3S/c1-30(2,3)28(36)33-21-13-12-20(17-25(21)37-4)35-27(26(34-29(35)39)22-7-5-6-16-32-22)24-15-14-23(38-24)18-8-10-19(31)11-9-18/h5-17,26-27H,1-4H3,(H,33,36)(H,34,39)/t26-,27+/m0/s1. The van der Waals surface area contributed by atoms with Gasteiger partial charge in [0, 0.05) is 33.4 Å². The van der Waals surface area contributed by atoms with Crippen molar-refractivity contribution in [2.24, 2.45) is 5.41 Å². The number of rotatable bonds is 6. The molecule has 2 aromatic carbocycles. The highest BCUT2D eigenvalue weighted by molar-refractivity contribution is 9.10. The lowest BCUT2D eigenvalue weighted by molar-refractivity contribution is -0.123. The van der Waals surface area contributed by atoms with Crippen LogP contribution in [0, 0.1) is 5.41 Å². The molecule has 0 spiro atoms. The molecule has 2 aromatic heterocycles. The van der Waals surface area contributed by atoms with Gasteiger partial charge in [-0.15, -0.1) is 0 Å². The first-order valence-corrected chi connectivity index (χ1v) is 13.7. The summed E-state index contributed by atoms with van der Waals surface area (Å²) < 4.78 is 13.1. The summed E-state index contributed by atoms with van der Waals surface area (Å²) in [4.78, 5) is 19.3. The van der Waals surface area contributed by atoms with Crippen LogP contribution in [0.15, 0.2) is 87.9 Å². The number of halogens is 1. The molecule has 1 aliphatic rings. The summed E-state index contributed by atoms with van der Waals surface area (Å²) in [7, 11) is 1.58. The molecule has 1 saturated heterocycles. The van der Waals surface area contributed by atoms with Gasteiger partial charge in [0.25, 0.3) is 0 Å². The number of furan rings is 1. The van der Waals surface area contributed by atoms with Crippen LogP contribution in [0.5, 0.6) is 5.75 Å². The summed E-state index contributed by atoms with van der Waals surface area (Å²) in [6.45, 7) is 5.60. The molecule has 39 heavy (non-hydrogen) atoms. The van der Waals surface area contributed by atoms with Gasteiger partial charge in [-0.05, 0) is 60.7 Å². The van der Waals surface area contributed by atoms with Crippen molar-refractivity contribution >= 4 is 50.5 Å². The molecule has 1 aliphatic heterocycles. The SMILES string of the molecule is COc1cc(N2C(=S)N[C@@H](c3ccccn3)[C@H]2c2ccc(-c3ccc(Br)cc3)o2)ccc1NC(=O)C(C)(C)C. The number of thiocarbonyl (C=S) groups is 1. The number of hydrogen-bond donors (Lipinski definition) is 2. The van der Waals surface area contributed by atoms with Gasteiger partial charge in [-0.1, -0.05) is 54.9 Å². The molecule has 1 fully saturated rings. The van der Waals surface area contributed by atoms with Crippen molar-refractivity contribution < 1.29 is 13.9 Å². The third-order valence-corrected chi connectivity index (χ3v) is 7.38. The zero-order valence-corrected chi connectivity index (χ0v) is 24.5. The molecular formula is C30H29BrN4O3S. The van der Waals surface area contributed by atoms with Gasteiger partial charge in [-0.25, -0.2) is 0 Å². The van der Waals surface area contributed by atoms with E-state index in [1.807, 2.05) is 98.5 Å². The number of ether oxygens (including phenoxy) is 1. The number of benzene rings is 2. The Morgan fingerprint density at radius 3 is 2.54 bits per heavy atom. The second kappa shape index (κ2) is 10.8. The van der Waals surface area contributed by atoms with E-state index in [4.69, 9.17) is 21.4 Å². The van der Waals surface area contributed by atoms with E-state index >= 15 is 0 Å². The number of amides is 1. The minimum Gasteiger partial charge on any atom is -0.494 e. The Morgan fingerprint density at radius 2 is 1.87 bits per heavy atom. The van der Waals surface area contributed by atoms with E-state index in [-0.39, 0.29) is 18.0 Å². The van der Waals surface area contributed by atoms with Crippen LogP contribution in [0.2, 0.25) is 0 Å². The van der Waals surface area contributed by atoms with Crippen molar-refractivity contribution in [1.29, 1.82) is 0 Å². The van der Waals surface area contributed by atoms with E-state index in [2.05, 4.69) is 31.5 Å². The first-order valence-electron chi connectivity index (χ1n) is 12.5. The molecule has 200 valence electrons. The van der Waals surface area contributed by atoms with Gasteiger partial charge in [-0.2, -0.15) is 0 Å². The van der Waals surface area contributed by atoms with Crippen molar-refractivity contribution in [1.82, 2.24) is 10.3 Å². The Labute approximate surface area is 241 Å². The van der Waals surface area contributed by atoms with Gasteiger partial charge in [-0.3, -0.25) is 9.78 Å². The van der Waals surface area contributed by atoms with E-state index in [0.717, 1.165) is 32.9 Å². The van der Waals surface area contributed by atoms with Crippen LogP contribution in [0.4, 0.5) is 11.4 Å². The van der Waals surface area contributed by atoms with Crippen molar-refractivity contribution in [2.75, 3.05) is 17.3 Å². The first-order chi connectivity index (χ1) is 18.7. The van der Waals surface area contributed by atoms with Crippen molar-refractivity contribution in [3.63, 3.8) is 0 Å². The van der Waals surface area contributed by atoms with Gasteiger partial charge in [0.1, 0.15) is 23.3 Å². The molecule has 9 heteroatoms. The minimum atomic E-state index is -0.545. The molecule has 0 bridgehead atoms. The predicted octanol–water partition coefficient (Wildman–Crippen LogP) is 7.27. The Kier molecular flexibility index (Phi) is 7.46. The van der Waals surface area contributed by atoms with Crippen molar-refractivity contribution in [3.8, 4) is 17.1 Å². The van der Waals surface area contributed by atoms with Crippen molar-refractivity contribution in [2.45, 2.75) is 32.9 Å². The number of nitrogens with one attached hydrogen (secondary N) is 2. The molecule has 0 saturated carbocycles. The minimum absolute atomic E-state index is 0.101. The number of aromatic nitrogens is 1. The predicted molar refractivity (Wildman–Crippen MR) is 161 cm³/mol. The second-order valence-corrected chi connectivity index (χ2v) is 11.6. The number of hydrogen-bond acceptors (Lipinski definition) is 5. The van der Waals surface area contributed by atoms with Gasteiger partial charge in [0.2, 0.25) is 5.91 Å². The number of methoxy groups -OCH3 is 1. The maximum absolute atomic E-state index is 12.6. The van der Waals surface area contributed by atoms with Crippen LogP contribution in [-0.2, 0) is 4.79 Å². The van der Waals surface area contributed by atoms with Gasteiger partial charge < -0.3 is 24.7 Å². The quantitative estimate of drug-likeness (QED) is 0.224. The molecule has 4 aromatic rings. The Bertz CT molecular complexity index is 1500. The number of carbonyl (C=O) groups is 1. The van der Waals surface area contributed by atoms with Crippen LogP contribution in [-0.4, -0.2) is 23.1 Å². The summed E-state index contributed by atoms with van der Waals surface area (Å²) in [5.41, 5.74) is 2.65. The van der Waals surface area contributed by atoms with E-state index in [9.17, 15) is 4.79 Å². The van der Waals surface area contributed by atoms with Crippen LogP contribution < -0.4 is 20.3 Å². The average molecular weight is 606 g/mol. The Morgan fingerprint density at radius 1 is 1.10 bits per heavy atom. The maximum Gasteiger partial charge on any atom is 0.229 e. The number of pyridine rings is 1. The van der Waals surface area contributed by atoms with Crippen LogP contribution in [0.25, 0.3) is 11.3 Å². The monoisotopic (exact) mass is 604 g/mol. The van der Waals surface area contributed by atoms with Crippen molar-refractivity contribution in [3.05, 3.63) is 94.9 Å². The average Bonchev–Trinajstić information content (AvgIpc) is 3.54. The topological polar surface area (TPSA) is 79.6 Å². The molecule has 0 aliphatic carbocycles.